The number of hydrogen-bond donors (Lipinski definition) is 0. The molecule has 0 bridgehead atoms. The summed E-state index contributed by atoms with van der Waals surface area (Å²) in [6.07, 6.45) is 2.21. The quantitative estimate of drug-likeness (QED) is 0.157. The summed E-state index contributed by atoms with van der Waals surface area (Å²) in [7, 11) is 4.33. The molecule has 3 aromatic heterocycles. The molecule has 164 valence electrons. The zero-order valence-corrected chi connectivity index (χ0v) is 19.9. The Morgan fingerprint density at radius 3 is 2.32 bits per heavy atom. The highest BCUT2D eigenvalue weighted by Crippen LogP contribution is 2.43. The average Bonchev–Trinajstić information content (AvgIpc) is 3.19. The monoisotopic (exact) mass is 440 g/mol. The number of nitrogens with zero attached hydrogens (tertiary/aromatic N) is 3. The van der Waals surface area contributed by atoms with Gasteiger partial charge in [-0.1, -0.05) is 36.4 Å². The van der Waals surface area contributed by atoms with Crippen molar-refractivity contribution in [1.29, 1.82) is 0 Å². The van der Waals surface area contributed by atoms with Crippen LogP contribution in [-0.4, -0.2) is 11.4 Å². The topological polar surface area (TPSA) is 11.5 Å². The zero-order chi connectivity index (χ0) is 23.1. The van der Waals surface area contributed by atoms with Crippen LogP contribution in [0.3, 0.4) is 0 Å². The standard InChI is InChI=1S/C31H26N3/c1-19-16-25-24-12-8-9-13-26(24)34-27-18-23(33(4)22-10-6-5-7-11-22)17-21-14-15-32(3)31(29(21)27)28(20(19)2)30(25)34/h5-18H,1-4H3/q+1. The Labute approximate surface area is 198 Å². The van der Waals surface area contributed by atoms with Crippen molar-refractivity contribution in [3.8, 4) is 0 Å². The van der Waals surface area contributed by atoms with Crippen LogP contribution in [0, 0.1) is 13.8 Å². The first-order chi connectivity index (χ1) is 16.5. The van der Waals surface area contributed by atoms with Crippen LogP contribution < -0.4 is 9.47 Å². The normalized spacial score (nSPS) is 12.1. The van der Waals surface area contributed by atoms with Gasteiger partial charge < -0.3 is 9.30 Å². The van der Waals surface area contributed by atoms with Gasteiger partial charge in [-0.3, -0.25) is 0 Å². The number of rotatable bonds is 2. The molecule has 0 radical (unpaired) electrons. The highest BCUT2D eigenvalue weighted by Gasteiger charge is 2.25. The molecule has 0 saturated heterocycles. The van der Waals surface area contributed by atoms with Gasteiger partial charge in [0.2, 0.25) is 5.52 Å². The largest absolute Gasteiger partial charge is 0.345 e. The first-order valence-electron chi connectivity index (χ1n) is 11.8. The number of benzene rings is 4. The summed E-state index contributed by atoms with van der Waals surface area (Å²) < 4.78 is 4.80. The fraction of sp³-hybridized carbons (Fsp3) is 0.129. The summed E-state index contributed by atoms with van der Waals surface area (Å²) in [5.74, 6) is 0. The van der Waals surface area contributed by atoms with Gasteiger partial charge in [-0.15, -0.1) is 0 Å². The minimum Gasteiger partial charge on any atom is -0.345 e. The molecule has 0 aliphatic heterocycles. The molecule has 0 atom stereocenters. The van der Waals surface area contributed by atoms with E-state index in [0.717, 1.165) is 0 Å². The van der Waals surface area contributed by atoms with E-state index in [2.05, 4.69) is 127 Å². The van der Waals surface area contributed by atoms with Crippen LogP contribution in [0.15, 0.2) is 85.1 Å². The Hall–Kier alpha value is -4.11. The third kappa shape index (κ3) is 2.39. The fourth-order valence-electron chi connectivity index (χ4n) is 5.83. The fourth-order valence-corrected chi connectivity index (χ4v) is 5.83. The van der Waals surface area contributed by atoms with Gasteiger partial charge >= 0.3 is 0 Å². The summed E-state index contributed by atoms with van der Waals surface area (Å²) in [5, 5.41) is 6.58. The summed E-state index contributed by atoms with van der Waals surface area (Å²) in [6, 6.07) is 28.7. The van der Waals surface area contributed by atoms with Gasteiger partial charge in [-0.25, -0.2) is 4.57 Å². The Morgan fingerprint density at radius 2 is 1.50 bits per heavy atom. The highest BCUT2D eigenvalue weighted by atomic mass is 15.1. The molecule has 34 heavy (non-hydrogen) atoms. The van der Waals surface area contributed by atoms with E-state index in [1.165, 1.54) is 71.5 Å². The molecular formula is C31H26N3+. The third-order valence-corrected chi connectivity index (χ3v) is 7.69. The minimum absolute atomic E-state index is 1.18. The number of anilines is 2. The SMILES string of the molecule is Cc1cc2c3ccccc3n3c4cc(N(C)c5ccccc5)cc5cc[n+](C)c(c(c1C)c23)c54. The van der Waals surface area contributed by atoms with Crippen LogP contribution >= 0.6 is 0 Å². The van der Waals surface area contributed by atoms with Crippen LogP contribution in [-0.2, 0) is 7.05 Å². The second-order valence-corrected chi connectivity index (χ2v) is 9.54. The van der Waals surface area contributed by atoms with E-state index in [0.29, 0.717) is 0 Å². The summed E-state index contributed by atoms with van der Waals surface area (Å²) in [5.41, 5.74) is 10.2. The van der Waals surface area contributed by atoms with E-state index in [9.17, 15) is 0 Å². The molecule has 0 unspecified atom stereocenters. The predicted molar refractivity (Wildman–Crippen MR) is 144 cm³/mol. The molecule has 7 aromatic rings. The number of pyridine rings is 2. The van der Waals surface area contributed by atoms with E-state index in [4.69, 9.17) is 0 Å². The van der Waals surface area contributed by atoms with Gasteiger partial charge in [0.25, 0.3) is 0 Å². The highest BCUT2D eigenvalue weighted by molar-refractivity contribution is 6.26. The van der Waals surface area contributed by atoms with Gasteiger partial charge in [0.05, 0.1) is 27.3 Å². The molecule has 4 aromatic carbocycles. The maximum atomic E-state index is 2.50. The summed E-state index contributed by atoms with van der Waals surface area (Å²) in [4.78, 5) is 2.28. The van der Waals surface area contributed by atoms with Crippen molar-refractivity contribution >= 4 is 60.4 Å². The Bertz CT molecular complexity index is 1890. The van der Waals surface area contributed by atoms with Crippen molar-refractivity contribution in [2.45, 2.75) is 13.8 Å². The van der Waals surface area contributed by atoms with Gasteiger partial charge in [0.15, 0.2) is 6.20 Å². The van der Waals surface area contributed by atoms with E-state index in [1.54, 1.807) is 0 Å². The molecule has 3 heteroatoms. The Kier molecular flexibility index (Phi) is 3.82. The van der Waals surface area contributed by atoms with Crippen molar-refractivity contribution in [3.05, 3.63) is 96.2 Å². The first kappa shape index (κ1) is 19.4. The molecule has 0 spiro atoms. The molecule has 0 amide bonds. The molecule has 0 fully saturated rings. The van der Waals surface area contributed by atoms with Crippen molar-refractivity contribution in [2.75, 3.05) is 11.9 Å². The van der Waals surface area contributed by atoms with Crippen LogP contribution in [0.4, 0.5) is 11.4 Å². The van der Waals surface area contributed by atoms with Crippen molar-refractivity contribution in [2.24, 2.45) is 7.05 Å². The molecule has 7 rings (SSSR count). The van der Waals surface area contributed by atoms with E-state index >= 15 is 0 Å². The van der Waals surface area contributed by atoms with E-state index in [-0.39, 0.29) is 0 Å². The zero-order valence-electron chi connectivity index (χ0n) is 19.9. The second-order valence-electron chi connectivity index (χ2n) is 9.54. The van der Waals surface area contributed by atoms with Gasteiger partial charge in [-0.05, 0) is 66.8 Å². The molecule has 3 heterocycles. The number of fused-ring (bicyclic) bond motifs is 5. The molecule has 0 N–H and O–H groups in total. The second kappa shape index (κ2) is 6.71. The van der Waals surface area contributed by atoms with Gasteiger partial charge in [0.1, 0.15) is 7.05 Å². The lowest BCUT2D eigenvalue weighted by Gasteiger charge is -2.22. The lowest BCUT2D eigenvalue weighted by Crippen LogP contribution is -2.29. The van der Waals surface area contributed by atoms with Crippen LogP contribution in [0.5, 0.6) is 0 Å². The van der Waals surface area contributed by atoms with Crippen LogP contribution in [0.2, 0.25) is 0 Å². The maximum absolute atomic E-state index is 2.50. The van der Waals surface area contributed by atoms with E-state index in [1.807, 2.05) is 0 Å². The van der Waals surface area contributed by atoms with E-state index < -0.39 is 0 Å². The minimum atomic E-state index is 1.18. The van der Waals surface area contributed by atoms with Crippen molar-refractivity contribution < 1.29 is 4.57 Å². The molecule has 3 nitrogen and oxygen atoms in total. The van der Waals surface area contributed by atoms with Crippen LogP contribution in [0.25, 0.3) is 49.0 Å². The number of para-hydroxylation sites is 2. The lowest BCUT2D eigenvalue weighted by molar-refractivity contribution is -0.643. The van der Waals surface area contributed by atoms with Gasteiger partial charge in [0, 0.05) is 35.3 Å². The Morgan fingerprint density at radius 1 is 0.735 bits per heavy atom. The maximum Gasteiger partial charge on any atom is 0.224 e. The predicted octanol–water partition coefficient (Wildman–Crippen LogP) is 7.20. The Balaban J connectivity index is 1.77. The number of aromatic nitrogens is 2. The summed E-state index contributed by atoms with van der Waals surface area (Å²) in [6.45, 7) is 4.51. The molecule has 0 saturated carbocycles. The third-order valence-electron chi connectivity index (χ3n) is 7.69. The molecular weight excluding hydrogens is 414 g/mol. The smallest absolute Gasteiger partial charge is 0.224 e. The lowest BCUT2D eigenvalue weighted by atomic mass is 9.96. The summed E-state index contributed by atoms with van der Waals surface area (Å²) >= 11 is 0. The molecule has 0 aliphatic carbocycles. The van der Waals surface area contributed by atoms with Crippen molar-refractivity contribution in [3.63, 3.8) is 0 Å². The number of aryl methyl sites for hydroxylation is 3. The average molecular weight is 441 g/mol. The first-order valence-corrected chi connectivity index (χ1v) is 11.8. The number of hydrogen-bond acceptors (Lipinski definition) is 1. The van der Waals surface area contributed by atoms with Crippen LogP contribution in [0.1, 0.15) is 11.1 Å². The van der Waals surface area contributed by atoms with Crippen molar-refractivity contribution in [1.82, 2.24) is 4.40 Å². The molecule has 0 aliphatic rings. The van der Waals surface area contributed by atoms with Gasteiger partial charge in [-0.2, -0.15) is 0 Å².